The smallest absolute Gasteiger partial charge is 0.335 e. The number of anilines is 1. The number of para-hydroxylation sites is 1. The van der Waals surface area contributed by atoms with Gasteiger partial charge in [-0.1, -0.05) is 36.4 Å². The Morgan fingerprint density at radius 3 is 2.00 bits per heavy atom. The molecule has 0 saturated heterocycles. The van der Waals surface area contributed by atoms with E-state index >= 15 is 0 Å². The quantitative estimate of drug-likeness (QED) is 0.448. The van der Waals surface area contributed by atoms with Gasteiger partial charge in [-0.25, -0.2) is 9.86 Å². The molecule has 0 N–H and O–H groups in total. The van der Waals surface area contributed by atoms with Crippen LogP contribution in [0.2, 0.25) is 0 Å². The van der Waals surface area contributed by atoms with Gasteiger partial charge in [-0.3, -0.25) is 4.57 Å². The Morgan fingerprint density at radius 2 is 1.46 bits per heavy atom. The Hall–Kier alpha value is -2.14. The minimum absolute atomic E-state index is 0.103. The van der Waals surface area contributed by atoms with Crippen molar-refractivity contribution in [3.05, 3.63) is 66.2 Å². The summed E-state index contributed by atoms with van der Waals surface area (Å²) in [7, 11) is -3.24. The second-order valence-electron chi connectivity index (χ2n) is 5.35. The molecule has 0 aliphatic carbocycles. The zero-order valence-corrected chi connectivity index (χ0v) is 15.9. The molecule has 0 aliphatic rings. The molecule has 0 radical (unpaired) electrons. The minimum Gasteiger partial charge on any atom is -0.335 e. The van der Waals surface area contributed by atoms with Crippen LogP contribution in [-0.2, 0) is 18.5 Å². The van der Waals surface area contributed by atoms with Crippen LogP contribution in [0.4, 0.5) is 5.69 Å². The van der Waals surface area contributed by atoms with Crippen LogP contribution in [0.1, 0.15) is 24.2 Å². The molecule has 26 heavy (non-hydrogen) atoms. The molecule has 0 atom stereocenters. The fraction of sp³-hybridized carbons (Fsp3) is 0.316. The van der Waals surface area contributed by atoms with Gasteiger partial charge >= 0.3 is 13.6 Å². The second kappa shape index (κ2) is 10.1. The van der Waals surface area contributed by atoms with E-state index in [4.69, 9.17) is 13.9 Å². The molecule has 2 rings (SSSR count). The lowest BCUT2D eigenvalue weighted by Crippen LogP contribution is -2.30. The number of benzene rings is 2. The number of carbonyl (C=O) groups is 1. The summed E-state index contributed by atoms with van der Waals surface area (Å²) in [5.41, 5.74) is 1.11. The van der Waals surface area contributed by atoms with Crippen LogP contribution in [0, 0.1) is 0 Å². The molecule has 2 aromatic rings. The third-order valence-corrected chi connectivity index (χ3v) is 5.53. The van der Waals surface area contributed by atoms with Gasteiger partial charge in [0.1, 0.15) is 0 Å². The van der Waals surface area contributed by atoms with Crippen LogP contribution in [0.5, 0.6) is 0 Å². The van der Waals surface area contributed by atoms with Crippen molar-refractivity contribution in [3.8, 4) is 0 Å². The summed E-state index contributed by atoms with van der Waals surface area (Å²) in [4.78, 5) is 17.9. The summed E-state index contributed by atoms with van der Waals surface area (Å²) >= 11 is 0. The van der Waals surface area contributed by atoms with E-state index in [1.807, 2.05) is 36.4 Å². The summed E-state index contributed by atoms with van der Waals surface area (Å²) in [6.07, 6.45) is 0.103. The molecular weight excluding hydrogens is 353 g/mol. The molecule has 0 amide bonds. The molecule has 0 fully saturated rings. The number of nitrogens with zero attached hydrogens (tertiary/aromatic N) is 1. The highest BCUT2D eigenvalue weighted by atomic mass is 31.2. The monoisotopic (exact) mass is 377 g/mol. The van der Waals surface area contributed by atoms with E-state index in [9.17, 15) is 9.36 Å². The normalized spacial score (nSPS) is 11.2. The van der Waals surface area contributed by atoms with Crippen LogP contribution in [0.25, 0.3) is 0 Å². The van der Waals surface area contributed by atoms with E-state index in [2.05, 4.69) is 0 Å². The molecular formula is C19H24NO5P. The van der Waals surface area contributed by atoms with Gasteiger partial charge in [0.15, 0.2) is 0 Å². The lowest BCUT2D eigenvalue weighted by atomic mass is 10.2. The zero-order chi connectivity index (χ0) is 18.8. The summed E-state index contributed by atoms with van der Waals surface area (Å²) in [6, 6.07) is 17.9. The van der Waals surface area contributed by atoms with Gasteiger partial charge in [0.25, 0.3) is 0 Å². The molecule has 140 valence electrons. The van der Waals surface area contributed by atoms with Crippen molar-refractivity contribution in [3.63, 3.8) is 0 Å². The van der Waals surface area contributed by atoms with E-state index in [-0.39, 0.29) is 25.9 Å². The number of hydroxylamine groups is 1. The van der Waals surface area contributed by atoms with E-state index < -0.39 is 13.6 Å². The van der Waals surface area contributed by atoms with Crippen molar-refractivity contribution in [2.45, 2.75) is 13.8 Å². The highest BCUT2D eigenvalue weighted by Crippen LogP contribution is 2.47. The first-order valence-corrected chi connectivity index (χ1v) is 10.3. The molecule has 0 aromatic heterocycles. The highest BCUT2D eigenvalue weighted by molar-refractivity contribution is 7.53. The Labute approximate surface area is 154 Å². The van der Waals surface area contributed by atoms with Gasteiger partial charge in [-0.15, -0.1) is 0 Å². The van der Waals surface area contributed by atoms with Crippen LogP contribution < -0.4 is 5.06 Å². The molecule has 6 nitrogen and oxygen atoms in total. The third kappa shape index (κ3) is 5.99. The van der Waals surface area contributed by atoms with Gasteiger partial charge in [0, 0.05) is 0 Å². The average Bonchev–Trinajstić information content (AvgIpc) is 2.67. The fourth-order valence-corrected chi connectivity index (χ4v) is 3.87. The molecule has 0 saturated carbocycles. The van der Waals surface area contributed by atoms with E-state index in [1.54, 1.807) is 38.1 Å². The Balaban J connectivity index is 2.14. The van der Waals surface area contributed by atoms with Crippen molar-refractivity contribution in [2.75, 3.05) is 31.0 Å². The maximum Gasteiger partial charge on any atom is 0.363 e. The summed E-state index contributed by atoms with van der Waals surface area (Å²) in [5.74, 6) is -0.489. The minimum atomic E-state index is -3.24. The SMILES string of the molecule is CCOP(=O)(CCN(OC(=O)c1ccccc1)c1ccccc1)OCC. The van der Waals surface area contributed by atoms with Gasteiger partial charge in [0.05, 0.1) is 37.2 Å². The fourth-order valence-electron chi connectivity index (χ4n) is 2.32. The first-order chi connectivity index (χ1) is 12.6. The molecule has 0 spiro atoms. The third-order valence-electron chi connectivity index (χ3n) is 3.48. The number of hydrogen-bond acceptors (Lipinski definition) is 6. The summed E-state index contributed by atoms with van der Waals surface area (Å²) in [6.45, 7) is 4.27. The lowest BCUT2D eigenvalue weighted by Gasteiger charge is -2.25. The van der Waals surface area contributed by atoms with Crippen molar-refractivity contribution in [2.24, 2.45) is 0 Å². The van der Waals surface area contributed by atoms with Crippen molar-refractivity contribution in [1.29, 1.82) is 0 Å². The van der Waals surface area contributed by atoms with Gasteiger partial charge in [0.2, 0.25) is 0 Å². The standard InChI is InChI=1S/C19H24NO5P/c1-3-23-26(22,24-4-2)16-15-20(18-13-9-6-10-14-18)25-19(21)17-11-7-5-8-12-17/h5-14H,3-4,15-16H2,1-2H3. The van der Waals surface area contributed by atoms with Crippen molar-refractivity contribution < 1.29 is 23.2 Å². The van der Waals surface area contributed by atoms with Crippen LogP contribution in [0.15, 0.2) is 60.7 Å². The topological polar surface area (TPSA) is 65.1 Å². The highest BCUT2D eigenvalue weighted by Gasteiger charge is 2.26. The molecule has 0 unspecified atom stereocenters. The zero-order valence-electron chi connectivity index (χ0n) is 15.0. The van der Waals surface area contributed by atoms with E-state index in [0.717, 1.165) is 0 Å². The summed E-state index contributed by atoms with van der Waals surface area (Å²) in [5, 5.41) is 1.42. The lowest BCUT2D eigenvalue weighted by molar-refractivity contribution is 0.0454. The molecule has 7 heteroatoms. The predicted octanol–water partition coefficient (Wildman–Crippen LogP) is 4.53. The van der Waals surface area contributed by atoms with E-state index in [1.165, 1.54) is 5.06 Å². The van der Waals surface area contributed by atoms with E-state index in [0.29, 0.717) is 11.3 Å². The van der Waals surface area contributed by atoms with Crippen LogP contribution in [0.3, 0.4) is 0 Å². The Kier molecular flexibility index (Phi) is 7.85. The predicted molar refractivity (Wildman–Crippen MR) is 101 cm³/mol. The van der Waals surface area contributed by atoms with Crippen LogP contribution in [-0.4, -0.2) is 31.9 Å². The molecule has 2 aromatic carbocycles. The number of hydrogen-bond donors (Lipinski definition) is 0. The maximum absolute atomic E-state index is 12.7. The van der Waals surface area contributed by atoms with Gasteiger partial charge in [-0.05, 0) is 38.1 Å². The largest absolute Gasteiger partial charge is 0.363 e. The number of carbonyl (C=O) groups excluding carboxylic acids is 1. The maximum atomic E-state index is 12.7. The average molecular weight is 377 g/mol. The Morgan fingerprint density at radius 1 is 0.923 bits per heavy atom. The van der Waals surface area contributed by atoms with Crippen molar-refractivity contribution >= 4 is 19.3 Å². The van der Waals surface area contributed by atoms with Crippen LogP contribution >= 0.6 is 7.60 Å². The molecule has 0 aliphatic heterocycles. The van der Waals surface area contributed by atoms with Gasteiger partial charge < -0.3 is 13.9 Å². The first kappa shape index (κ1) is 20.2. The first-order valence-electron chi connectivity index (χ1n) is 8.56. The molecule has 0 heterocycles. The molecule has 0 bridgehead atoms. The van der Waals surface area contributed by atoms with Crippen molar-refractivity contribution in [1.82, 2.24) is 0 Å². The summed E-state index contributed by atoms with van der Waals surface area (Å²) < 4.78 is 23.3. The Bertz CT molecular complexity index is 713. The van der Waals surface area contributed by atoms with Gasteiger partial charge in [-0.2, -0.15) is 0 Å². The number of rotatable bonds is 10. The second-order valence-corrected chi connectivity index (χ2v) is 7.54.